The molecule has 9 heteroatoms. The van der Waals surface area contributed by atoms with E-state index in [0.29, 0.717) is 28.8 Å². The first-order valence-corrected chi connectivity index (χ1v) is 12.2. The zero-order chi connectivity index (χ0) is 26.5. The van der Waals surface area contributed by atoms with E-state index in [2.05, 4.69) is 40.6 Å². The number of nitrogens with zero attached hydrogens (tertiary/aromatic N) is 4. The third-order valence-corrected chi connectivity index (χ3v) is 6.21. The summed E-state index contributed by atoms with van der Waals surface area (Å²) in [6, 6.07) is 13.1. The number of hydrogen-bond donors (Lipinski definition) is 2. The van der Waals surface area contributed by atoms with Crippen LogP contribution in [-0.4, -0.2) is 50.7 Å². The topological polar surface area (TPSA) is 83.3 Å². The molecular formula is C28H29F2N5O2. The van der Waals surface area contributed by atoms with Crippen LogP contribution in [0.15, 0.2) is 66.0 Å². The van der Waals surface area contributed by atoms with Gasteiger partial charge in [-0.2, -0.15) is 4.98 Å². The number of nitrogens with one attached hydrogen (secondary N) is 1. The van der Waals surface area contributed by atoms with Crippen molar-refractivity contribution in [1.29, 1.82) is 0 Å². The molecule has 2 aromatic carbocycles. The molecule has 0 aliphatic carbocycles. The zero-order valence-corrected chi connectivity index (χ0v) is 20.8. The summed E-state index contributed by atoms with van der Waals surface area (Å²) >= 11 is 0. The van der Waals surface area contributed by atoms with Crippen molar-refractivity contribution in [2.75, 3.05) is 31.5 Å². The number of halogens is 2. The van der Waals surface area contributed by atoms with E-state index in [1.807, 2.05) is 0 Å². The molecular weight excluding hydrogens is 476 g/mol. The molecule has 0 saturated heterocycles. The molecule has 37 heavy (non-hydrogen) atoms. The van der Waals surface area contributed by atoms with Crippen molar-refractivity contribution in [1.82, 2.24) is 19.4 Å². The van der Waals surface area contributed by atoms with E-state index < -0.39 is 22.9 Å². The maximum absolute atomic E-state index is 14.8. The highest BCUT2D eigenvalue weighted by Gasteiger charge is 2.20. The molecule has 2 heterocycles. The Kier molecular flexibility index (Phi) is 7.93. The summed E-state index contributed by atoms with van der Waals surface area (Å²) in [5.74, 6) is -1.67. The molecule has 2 aromatic heterocycles. The lowest BCUT2D eigenvalue weighted by Crippen LogP contribution is -2.25. The van der Waals surface area contributed by atoms with Crippen molar-refractivity contribution in [3.05, 3.63) is 88.7 Å². The highest BCUT2D eigenvalue weighted by Crippen LogP contribution is 2.30. The van der Waals surface area contributed by atoms with Gasteiger partial charge in [-0.15, -0.1) is 0 Å². The smallest absolute Gasteiger partial charge is 0.256 e. The highest BCUT2D eigenvalue weighted by molar-refractivity contribution is 5.92. The molecule has 4 aromatic rings. The fourth-order valence-corrected chi connectivity index (χ4v) is 4.22. The SMILES string of the molecule is C=C(O)c1cccc(-c2nc(NCCCN(CC)CC)nc3c2ccc(=O)n3-c2c(F)cccc2F)c1. The molecule has 2 N–H and O–H groups in total. The van der Waals surface area contributed by atoms with E-state index in [0.717, 1.165) is 42.8 Å². The quantitative estimate of drug-likeness (QED) is 0.222. The first-order valence-electron chi connectivity index (χ1n) is 12.2. The molecule has 0 aliphatic heterocycles. The summed E-state index contributed by atoms with van der Waals surface area (Å²) < 4.78 is 30.5. The van der Waals surface area contributed by atoms with E-state index >= 15 is 0 Å². The number of anilines is 1. The molecule has 0 saturated carbocycles. The normalized spacial score (nSPS) is 11.3. The number of rotatable bonds is 10. The van der Waals surface area contributed by atoms with Crippen LogP contribution in [0.1, 0.15) is 25.8 Å². The van der Waals surface area contributed by atoms with Gasteiger partial charge in [0, 0.05) is 29.1 Å². The number of aliphatic hydroxyl groups excluding tert-OH is 1. The second-order valence-electron chi connectivity index (χ2n) is 8.55. The molecule has 0 radical (unpaired) electrons. The van der Waals surface area contributed by atoms with Crippen LogP contribution >= 0.6 is 0 Å². The monoisotopic (exact) mass is 505 g/mol. The van der Waals surface area contributed by atoms with Crippen molar-refractivity contribution in [3.63, 3.8) is 0 Å². The minimum absolute atomic E-state index is 0.0565. The van der Waals surface area contributed by atoms with Crippen LogP contribution < -0.4 is 10.9 Å². The van der Waals surface area contributed by atoms with Gasteiger partial charge in [-0.05, 0) is 50.3 Å². The number of hydrogen-bond acceptors (Lipinski definition) is 6. The predicted octanol–water partition coefficient (Wildman–Crippen LogP) is 5.40. The van der Waals surface area contributed by atoms with Gasteiger partial charge < -0.3 is 15.3 Å². The zero-order valence-electron chi connectivity index (χ0n) is 20.8. The Labute approximate surface area is 213 Å². The summed E-state index contributed by atoms with van der Waals surface area (Å²) in [6.45, 7) is 11.1. The fraction of sp³-hybridized carbons (Fsp3) is 0.250. The first kappa shape index (κ1) is 26.0. The number of aliphatic hydroxyl groups is 1. The van der Waals surface area contributed by atoms with Crippen LogP contribution in [0.4, 0.5) is 14.7 Å². The van der Waals surface area contributed by atoms with Crippen LogP contribution in [0.3, 0.4) is 0 Å². The van der Waals surface area contributed by atoms with Crippen LogP contribution in [0.2, 0.25) is 0 Å². The molecule has 0 fully saturated rings. The van der Waals surface area contributed by atoms with Gasteiger partial charge in [0.05, 0.1) is 5.69 Å². The number of para-hydroxylation sites is 1. The summed E-state index contributed by atoms with van der Waals surface area (Å²) in [6.07, 6.45) is 0.821. The van der Waals surface area contributed by atoms with Crippen molar-refractivity contribution < 1.29 is 13.9 Å². The lowest BCUT2D eigenvalue weighted by Gasteiger charge is -2.18. The van der Waals surface area contributed by atoms with Crippen molar-refractivity contribution in [2.45, 2.75) is 20.3 Å². The second-order valence-corrected chi connectivity index (χ2v) is 8.55. The maximum atomic E-state index is 14.8. The maximum Gasteiger partial charge on any atom is 0.256 e. The predicted molar refractivity (Wildman–Crippen MR) is 143 cm³/mol. The number of benzene rings is 2. The molecule has 0 aliphatic rings. The van der Waals surface area contributed by atoms with E-state index in [-0.39, 0.29) is 17.4 Å². The van der Waals surface area contributed by atoms with Gasteiger partial charge in [0.25, 0.3) is 5.56 Å². The molecule has 192 valence electrons. The van der Waals surface area contributed by atoms with E-state index in [9.17, 15) is 18.7 Å². The third kappa shape index (κ3) is 5.51. The summed E-state index contributed by atoms with van der Waals surface area (Å²) in [5, 5.41) is 13.5. The van der Waals surface area contributed by atoms with Crippen LogP contribution in [0.25, 0.3) is 33.7 Å². The summed E-state index contributed by atoms with van der Waals surface area (Å²) in [4.78, 5) is 24.4. The Balaban J connectivity index is 1.90. The van der Waals surface area contributed by atoms with Gasteiger partial charge in [0.1, 0.15) is 23.1 Å². The standard InChI is InChI=1S/C28H29F2N5O2/c1-4-34(5-2)16-8-15-31-28-32-25(20-10-6-9-19(17-20)18(3)36)21-13-14-24(37)35(27(21)33-28)26-22(29)11-7-12-23(26)30/h6-7,9-14,17,36H,3-5,8,15-16H2,1-2H3,(H,31,32,33). The van der Waals surface area contributed by atoms with Gasteiger partial charge in [0.2, 0.25) is 5.95 Å². The molecule has 0 amide bonds. The number of aromatic nitrogens is 3. The number of fused-ring (bicyclic) bond motifs is 1. The molecule has 0 bridgehead atoms. The van der Waals surface area contributed by atoms with E-state index in [1.54, 1.807) is 24.3 Å². The Morgan fingerprint density at radius 1 is 1.05 bits per heavy atom. The van der Waals surface area contributed by atoms with E-state index in [4.69, 9.17) is 0 Å². The molecule has 7 nitrogen and oxygen atoms in total. The summed E-state index contributed by atoms with van der Waals surface area (Å²) in [5.41, 5.74) is 0.460. The first-order chi connectivity index (χ1) is 17.8. The largest absolute Gasteiger partial charge is 0.508 e. The van der Waals surface area contributed by atoms with E-state index in [1.165, 1.54) is 18.2 Å². The Morgan fingerprint density at radius 2 is 1.76 bits per heavy atom. The summed E-state index contributed by atoms with van der Waals surface area (Å²) in [7, 11) is 0. The Bertz CT molecular complexity index is 1480. The van der Waals surface area contributed by atoms with Crippen molar-refractivity contribution in [3.8, 4) is 16.9 Å². The minimum Gasteiger partial charge on any atom is -0.508 e. The Morgan fingerprint density at radius 3 is 2.43 bits per heavy atom. The second kappa shape index (κ2) is 11.3. The minimum atomic E-state index is -0.887. The van der Waals surface area contributed by atoms with Crippen molar-refractivity contribution >= 4 is 22.7 Å². The van der Waals surface area contributed by atoms with Crippen molar-refractivity contribution in [2.24, 2.45) is 0 Å². The fourth-order valence-electron chi connectivity index (χ4n) is 4.22. The average Bonchev–Trinajstić information content (AvgIpc) is 2.89. The van der Waals surface area contributed by atoms with Gasteiger partial charge in [-0.3, -0.25) is 9.36 Å². The average molecular weight is 506 g/mol. The van der Waals surface area contributed by atoms with Crippen LogP contribution in [0, 0.1) is 11.6 Å². The lowest BCUT2D eigenvalue weighted by molar-refractivity contribution is 0.303. The highest BCUT2D eigenvalue weighted by atomic mass is 19.1. The van der Waals surface area contributed by atoms with Gasteiger partial charge in [-0.1, -0.05) is 44.7 Å². The van der Waals surface area contributed by atoms with Crippen LogP contribution in [0.5, 0.6) is 0 Å². The Hall–Kier alpha value is -4.11. The molecule has 0 unspecified atom stereocenters. The van der Waals surface area contributed by atoms with Gasteiger partial charge in [-0.25, -0.2) is 13.8 Å². The number of pyridine rings is 1. The van der Waals surface area contributed by atoms with Gasteiger partial charge in [0.15, 0.2) is 5.65 Å². The molecule has 4 rings (SSSR count). The van der Waals surface area contributed by atoms with Crippen LogP contribution in [-0.2, 0) is 0 Å². The molecule has 0 spiro atoms. The lowest BCUT2D eigenvalue weighted by atomic mass is 10.0. The third-order valence-electron chi connectivity index (χ3n) is 6.21. The molecule has 0 atom stereocenters. The van der Waals surface area contributed by atoms with Gasteiger partial charge >= 0.3 is 0 Å².